The molecule has 0 aliphatic carbocycles. The van der Waals surface area contributed by atoms with E-state index in [0.29, 0.717) is 19.7 Å². The summed E-state index contributed by atoms with van der Waals surface area (Å²) < 4.78 is 34.6. The molecule has 24 heavy (non-hydrogen) atoms. The van der Waals surface area contributed by atoms with E-state index in [1.165, 1.54) is 12.1 Å². The summed E-state index contributed by atoms with van der Waals surface area (Å²) in [5.41, 5.74) is 1.04. The van der Waals surface area contributed by atoms with E-state index in [9.17, 15) is 13.6 Å². The van der Waals surface area contributed by atoms with Crippen molar-refractivity contribution >= 4 is 5.91 Å². The van der Waals surface area contributed by atoms with Crippen LogP contribution in [0.25, 0.3) is 0 Å². The first-order valence-corrected chi connectivity index (χ1v) is 7.47. The van der Waals surface area contributed by atoms with Crippen molar-refractivity contribution in [2.75, 3.05) is 20.3 Å². The first kappa shape index (κ1) is 17.9. The molecule has 0 radical (unpaired) electrons. The van der Waals surface area contributed by atoms with Crippen LogP contribution in [0, 0.1) is 0 Å². The van der Waals surface area contributed by atoms with Crippen LogP contribution in [0.4, 0.5) is 8.78 Å². The summed E-state index contributed by atoms with van der Waals surface area (Å²) in [6, 6.07) is 15.4. The van der Waals surface area contributed by atoms with Crippen molar-refractivity contribution in [1.82, 2.24) is 4.90 Å². The molecule has 0 aliphatic heterocycles. The van der Waals surface area contributed by atoms with Gasteiger partial charge in [-0.1, -0.05) is 42.5 Å². The Morgan fingerprint density at radius 3 is 2.42 bits per heavy atom. The maximum Gasteiger partial charge on any atom is 0.387 e. The van der Waals surface area contributed by atoms with Gasteiger partial charge in [0.1, 0.15) is 5.75 Å². The van der Waals surface area contributed by atoms with Crippen LogP contribution in [0.15, 0.2) is 54.6 Å². The molecule has 0 fully saturated rings. The molecule has 6 heteroatoms. The third-order valence-corrected chi connectivity index (χ3v) is 3.40. The number of amides is 1. The molecule has 2 aromatic rings. The molecule has 2 aromatic carbocycles. The average Bonchev–Trinajstić information content (AvgIpc) is 2.59. The van der Waals surface area contributed by atoms with E-state index in [2.05, 4.69) is 4.74 Å². The van der Waals surface area contributed by atoms with Gasteiger partial charge in [0.05, 0.1) is 12.2 Å². The van der Waals surface area contributed by atoms with Gasteiger partial charge in [-0.05, 0) is 17.7 Å². The number of carbonyl (C=O) groups excluding carboxylic acids is 1. The monoisotopic (exact) mass is 335 g/mol. The zero-order valence-electron chi connectivity index (χ0n) is 13.3. The zero-order valence-corrected chi connectivity index (χ0v) is 13.3. The smallest absolute Gasteiger partial charge is 0.387 e. The van der Waals surface area contributed by atoms with E-state index in [-0.39, 0.29) is 17.2 Å². The molecule has 0 heterocycles. The fraction of sp³-hybridized carbons (Fsp3) is 0.278. The molecule has 1 amide bonds. The Hall–Kier alpha value is -2.47. The van der Waals surface area contributed by atoms with Crippen LogP contribution in [0.3, 0.4) is 0 Å². The molecule has 0 atom stereocenters. The maximum absolute atomic E-state index is 12.8. The third-order valence-electron chi connectivity index (χ3n) is 3.40. The molecular formula is C18H19F2NO3. The minimum Gasteiger partial charge on any atom is -0.434 e. The van der Waals surface area contributed by atoms with Crippen molar-refractivity contribution in [2.24, 2.45) is 0 Å². The Balaban J connectivity index is 2.24. The summed E-state index contributed by atoms with van der Waals surface area (Å²) >= 11 is 0. The second-order valence-corrected chi connectivity index (χ2v) is 5.08. The van der Waals surface area contributed by atoms with Gasteiger partial charge >= 0.3 is 6.61 Å². The van der Waals surface area contributed by atoms with Gasteiger partial charge in [0.2, 0.25) is 0 Å². The van der Waals surface area contributed by atoms with E-state index >= 15 is 0 Å². The van der Waals surface area contributed by atoms with Crippen LogP contribution in [0.5, 0.6) is 5.75 Å². The normalized spacial score (nSPS) is 10.7. The van der Waals surface area contributed by atoms with Crippen molar-refractivity contribution in [1.29, 1.82) is 0 Å². The fourth-order valence-electron chi connectivity index (χ4n) is 2.27. The molecule has 0 saturated carbocycles. The van der Waals surface area contributed by atoms with E-state index in [1.807, 2.05) is 30.3 Å². The zero-order chi connectivity index (χ0) is 17.4. The Morgan fingerprint density at radius 2 is 1.75 bits per heavy atom. The maximum atomic E-state index is 12.8. The number of alkyl halides is 2. The molecule has 2 rings (SSSR count). The van der Waals surface area contributed by atoms with Crippen LogP contribution in [-0.4, -0.2) is 37.7 Å². The number of halogens is 2. The summed E-state index contributed by atoms with van der Waals surface area (Å²) in [5.74, 6) is -0.514. The second kappa shape index (κ2) is 8.98. The predicted octanol–water partition coefficient (Wildman–Crippen LogP) is 3.58. The predicted molar refractivity (Wildman–Crippen MR) is 86.1 cm³/mol. The van der Waals surface area contributed by atoms with E-state index in [1.54, 1.807) is 24.1 Å². The number of nitrogens with zero attached hydrogens (tertiary/aromatic N) is 1. The lowest BCUT2D eigenvalue weighted by atomic mass is 10.1. The van der Waals surface area contributed by atoms with Crippen LogP contribution in [0.2, 0.25) is 0 Å². The van der Waals surface area contributed by atoms with E-state index in [0.717, 1.165) is 5.56 Å². The number of benzene rings is 2. The largest absolute Gasteiger partial charge is 0.434 e. The number of ether oxygens (including phenoxy) is 2. The minimum absolute atomic E-state index is 0.102. The highest BCUT2D eigenvalue weighted by Gasteiger charge is 2.21. The van der Waals surface area contributed by atoms with Gasteiger partial charge in [-0.25, -0.2) is 0 Å². The van der Waals surface area contributed by atoms with Crippen molar-refractivity contribution in [2.45, 2.75) is 13.2 Å². The number of hydrogen-bond donors (Lipinski definition) is 0. The summed E-state index contributed by atoms with van der Waals surface area (Å²) in [6.45, 7) is -1.95. The number of methoxy groups -OCH3 is 1. The topological polar surface area (TPSA) is 38.8 Å². The number of carbonyl (C=O) groups is 1. The van der Waals surface area contributed by atoms with Gasteiger partial charge in [-0.3, -0.25) is 4.79 Å². The molecule has 0 spiro atoms. The van der Waals surface area contributed by atoms with Crippen molar-refractivity contribution in [3.63, 3.8) is 0 Å². The highest BCUT2D eigenvalue weighted by Crippen LogP contribution is 2.22. The molecular weight excluding hydrogens is 316 g/mol. The Bertz CT molecular complexity index is 650. The first-order chi connectivity index (χ1) is 11.6. The molecule has 0 N–H and O–H groups in total. The summed E-state index contributed by atoms with van der Waals surface area (Å²) in [4.78, 5) is 14.4. The highest BCUT2D eigenvalue weighted by molar-refractivity contribution is 5.96. The molecule has 0 saturated heterocycles. The second-order valence-electron chi connectivity index (χ2n) is 5.08. The molecule has 128 valence electrons. The number of hydrogen-bond acceptors (Lipinski definition) is 3. The number of para-hydroxylation sites is 1. The Kier molecular flexibility index (Phi) is 6.69. The summed E-state index contributed by atoms with van der Waals surface area (Å²) in [6.07, 6.45) is 0. The molecule has 4 nitrogen and oxygen atoms in total. The Morgan fingerprint density at radius 1 is 1.08 bits per heavy atom. The standard InChI is InChI=1S/C18H19F2NO3/c1-23-12-11-21(13-14-7-3-2-4-8-14)17(22)15-9-5-6-10-16(15)24-18(19)20/h2-10,18H,11-13H2,1H3. The van der Waals surface area contributed by atoms with Gasteiger partial charge in [0.15, 0.2) is 0 Å². The van der Waals surface area contributed by atoms with Gasteiger partial charge in [-0.15, -0.1) is 0 Å². The molecule has 0 unspecified atom stereocenters. The highest BCUT2D eigenvalue weighted by atomic mass is 19.3. The van der Waals surface area contributed by atoms with Gasteiger partial charge < -0.3 is 14.4 Å². The fourth-order valence-corrected chi connectivity index (χ4v) is 2.27. The van der Waals surface area contributed by atoms with Gasteiger partial charge in [0.25, 0.3) is 5.91 Å². The third kappa shape index (κ3) is 5.03. The van der Waals surface area contributed by atoms with E-state index in [4.69, 9.17) is 4.74 Å². The Labute approximate surface area is 139 Å². The molecule has 0 bridgehead atoms. The van der Waals surface area contributed by atoms with Gasteiger partial charge in [0, 0.05) is 20.2 Å². The average molecular weight is 335 g/mol. The lowest BCUT2D eigenvalue weighted by Gasteiger charge is -2.23. The lowest BCUT2D eigenvalue weighted by Crippen LogP contribution is -2.33. The van der Waals surface area contributed by atoms with Crippen LogP contribution in [0.1, 0.15) is 15.9 Å². The molecule has 0 aromatic heterocycles. The summed E-state index contributed by atoms with van der Waals surface area (Å²) in [5, 5.41) is 0. The van der Waals surface area contributed by atoms with Gasteiger partial charge in [-0.2, -0.15) is 8.78 Å². The van der Waals surface area contributed by atoms with Crippen LogP contribution >= 0.6 is 0 Å². The SMILES string of the molecule is COCCN(Cc1ccccc1)C(=O)c1ccccc1OC(F)F. The summed E-state index contributed by atoms with van der Waals surface area (Å²) in [7, 11) is 1.54. The van der Waals surface area contributed by atoms with E-state index < -0.39 is 6.61 Å². The number of rotatable bonds is 8. The first-order valence-electron chi connectivity index (χ1n) is 7.47. The minimum atomic E-state index is -2.99. The van der Waals surface area contributed by atoms with Crippen molar-refractivity contribution in [3.8, 4) is 5.75 Å². The molecule has 0 aliphatic rings. The van der Waals surface area contributed by atoms with Crippen molar-refractivity contribution < 1.29 is 23.0 Å². The van der Waals surface area contributed by atoms with Crippen LogP contribution in [-0.2, 0) is 11.3 Å². The lowest BCUT2D eigenvalue weighted by molar-refractivity contribution is -0.0503. The van der Waals surface area contributed by atoms with Crippen LogP contribution < -0.4 is 4.74 Å². The van der Waals surface area contributed by atoms with Crippen molar-refractivity contribution in [3.05, 3.63) is 65.7 Å². The quantitative estimate of drug-likeness (QED) is 0.740.